The molecule has 4 nitrogen and oxygen atoms in total. The Bertz CT molecular complexity index is 4160. The van der Waals surface area contributed by atoms with E-state index in [9.17, 15) is 0 Å². The van der Waals surface area contributed by atoms with E-state index in [-0.39, 0.29) is 0 Å². The second kappa shape index (κ2) is 16.2. The molecule has 0 unspecified atom stereocenters. The van der Waals surface area contributed by atoms with Gasteiger partial charge in [-0.25, -0.2) is 0 Å². The summed E-state index contributed by atoms with van der Waals surface area (Å²) in [7, 11) is 0. The number of ether oxygens (including phenoxy) is 1. The number of nitrogens with zero attached hydrogens (tertiary/aromatic N) is 2. The molecule has 1 aliphatic heterocycles. The zero-order valence-corrected chi connectivity index (χ0v) is 38.0. The lowest BCUT2D eigenvalue weighted by molar-refractivity contribution is 0.487. The normalized spacial score (nSPS) is 11.8. The Morgan fingerprint density at radius 2 is 0.929 bits per heavy atom. The summed E-state index contributed by atoms with van der Waals surface area (Å²) in [6, 6.07) is 91.0. The molecule has 1 aromatic heterocycles. The van der Waals surface area contributed by atoms with Crippen molar-refractivity contribution in [3.8, 4) is 44.9 Å². The summed E-state index contributed by atoms with van der Waals surface area (Å²) in [6.07, 6.45) is 0. The second-order valence-electron chi connectivity index (χ2n) is 18.0. The van der Waals surface area contributed by atoms with E-state index in [2.05, 4.69) is 252 Å². The minimum absolute atomic E-state index is 0.840. The van der Waals surface area contributed by atoms with Crippen LogP contribution in [-0.4, -0.2) is 0 Å². The molecule has 12 aromatic carbocycles. The van der Waals surface area contributed by atoms with E-state index in [1.807, 2.05) is 12.1 Å². The Balaban J connectivity index is 0.854. The summed E-state index contributed by atoms with van der Waals surface area (Å²) >= 11 is 0. The Hall–Kier alpha value is -9.38. The molecule has 328 valence electrons. The molecule has 0 saturated carbocycles. The first-order valence-electron chi connectivity index (χ1n) is 23.8. The number of furan rings is 1. The maximum absolute atomic E-state index is 6.90. The van der Waals surface area contributed by atoms with Crippen LogP contribution in [0.2, 0.25) is 0 Å². The molecule has 0 N–H and O–H groups in total. The summed E-state index contributed by atoms with van der Waals surface area (Å²) in [5, 5.41) is 9.27. The van der Waals surface area contributed by atoms with Crippen LogP contribution >= 0.6 is 0 Å². The number of rotatable bonds is 8. The highest BCUT2D eigenvalue weighted by Gasteiger charge is 2.25. The molecule has 0 fully saturated rings. The van der Waals surface area contributed by atoms with Crippen LogP contribution in [0.1, 0.15) is 0 Å². The number of benzene rings is 12. The maximum Gasteiger partial charge on any atom is 0.159 e. The molecule has 0 spiro atoms. The van der Waals surface area contributed by atoms with Crippen molar-refractivity contribution in [2.75, 3.05) is 9.80 Å². The zero-order valence-electron chi connectivity index (χ0n) is 38.0. The first kappa shape index (κ1) is 39.8. The lowest BCUT2D eigenvalue weighted by atomic mass is 9.89. The molecule has 14 rings (SSSR count). The number of anilines is 6. The molecule has 0 amide bonds. The van der Waals surface area contributed by atoms with E-state index in [4.69, 9.17) is 9.15 Å². The number of para-hydroxylation sites is 4. The Kier molecular flexibility index (Phi) is 9.17. The fraction of sp³-hybridized carbons (Fsp3) is 0. The van der Waals surface area contributed by atoms with Gasteiger partial charge in [-0.15, -0.1) is 0 Å². The van der Waals surface area contributed by atoms with E-state index in [0.717, 1.165) is 101 Å². The van der Waals surface area contributed by atoms with Crippen molar-refractivity contribution in [3.63, 3.8) is 0 Å². The first-order valence-corrected chi connectivity index (χ1v) is 23.8. The van der Waals surface area contributed by atoms with Crippen LogP contribution in [0.4, 0.5) is 34.1 Å². The van der Waals surface area contributed by atoms with E-state index in [1.54, 1.807) is 0 Å². The molecular weight excluding hydrogens is 853 g/mol. The lowest BCUT2D eigenvalue weighted by Crippen LogP contribution is -2.11. The lowest BCUT2D eigenvalue weighted by Gasteiger charge is -2.28. The molecule has 2 heterocycles. The molecule has 4 heteroatoms. The van der Waals surface area contributed by atoms with Gasteiger partial charge >= 0.3 is 0 Å². The summed E-state index contributed by atoms with van der Waals surface area (Å²) in [6.45, 7) is 0. The van der Waals surface area contributed by atoms with Crippen LogP contribution in [0.5, 0.6) is 11.5 Å². The SMILES string of the molecule is c1ccc(-c2ccccc2N(c2ccc(-c3ccc4cc5c6c(cccc6c4c3)Oc3cc(N(c4ccccc4)c4ccc6ccccc6c4)ccc3-5)cc2)c2cccc3c2oc2ccccc23)cc1. The van der Waals surface area contributed by atoms with Gasteiger partial charge in [0, 0.05) is 56.1 Å². The van der Waals surface area contributed by atoms with Crippen molar-refractivity contribution in [1.82, 2.24) is 0 Å². The van der Waals surface area contributed by atoms with Crippen molar-refractivity contribution < 1.29 is 9.15 Å². The third-order valence-corrected chi connectivity index (χ3v) is 14.0. The highest BCUT2D eigenvalue weighted by atomic mass is 16.5. The molecule has 0 saturated heterocycles. The predicted molar refractivity (Wildman–Crippen MR) is 292 cm³/mol. The van der Waals surface area contributed by atoms with Crippen molar-refractivity contribution in [2.45, 2.75) is 0 Å². The minimum Gasteiger partial charge on any atom is -0.456 e. The monoisotopic (exact) mass is 894 g/mol. The van der Waals surface area contributed by atoms with Crippen LogP contribution in [0, 0.1) is 0 Å². The largest absolute Gasteiger partial charge is 0.456 e. The fourth-order valence-electron chi connectivity index (χ4n) is 10.7. The number of hydrogen-bond acceptors (Lipinski definition) is 4. The van der Waals surface area contributed by atoms with Crippen molar-refractivity contribution >= 4 is 88.4 Å². The summed E-state index contributed by atoms with van der Waals surface area (Å²) in [4.78, 5) is 4.65. The van der Waals surface area contributed by atoms with Gasteiger partial charge in [0.05, 0.1) is 11.4 Å². The quantitative estimate of drug-likeness (QED) is 0.142. The standard InChI is InChI=1S/C66H42N2O2/c1-3-16-45(17-4-1)53-21-9-11-25-60(53)68(61-26-13-24-57-54-22-10-12-27-62(54)70-66(57)61)50-34-31-44(32-35-50)47-29-30-48-41-59-55-38-37-52(42-64(55)69-63-28-14-23-56(65(59)63)58(48)40-47)67(49-19-5-2-6-20-49)51-36-33-43-15-7-8-18-46(43)39-51/h1-42H. The third-order valence-electron chi connectivity index (χ3n) is 14.0. The molecule has 13 aromatic rings. The van der Waals surface area contributed by atoms with Gasteiger partial charge in [0.15, 0.2) is 5.58 Å². The van der Waals surface area contributed by atoms with E-state index >= 15 is 0 Å². The van der Waals surface area contributed by atoms with Gasteiger partial charge in [-0.3, -0.25) is 0 Å². The first-order chi connectivity index (χ1) is 34.7. The second-order valence-corrected chi connectivity index (χ2v) is 18.0. The molecule has 0 aliphatic carbocycles. The molecule has 0 bridgehead atoms. The van der Waals surface area contributed by atoms with Crippen molar-refractivity contribution in [3.05, 3.63) is 255 Å². The van der Waals surface area contributed by atoms with Gasteiger partial charge in [0.2, 0.25) is 0 Å². The Labute approximate surface area is 405 Å². The van der Waals surface area contributed by atoms with Crippen LogP contribution in [-0.2, 0) is 0 Å². The van der Waals surface area contributed by atoms with Gasteiger partial charge in [-0.1, -0.05) is 164 Å². The van der Waals surface area contributed by atoms with Crippen molar-refractivity contribution in [1.29, 1.82) is 0 Å². The Morgan fingerprint density at radius 3 is 1.81 bits per heavy atom. The molecule has 70 heavy (non-hydrogen) atoms. The molecule has 1 aliphatic rings. The van der Waals surface area contributed by atoms with E-state index < -0.39 is 0 Å². The average molecular weight is 895 g/mol. The third kappa shape index (κ3) is 6.53. The van der Waals surface area contributed by atoms with Gasteiger partial charge in [0.1, 0.15) is 17.1 Å². The van der Waals surface area contributed by atoms with Gasteiger partial charge in [0.25, 0.3) is 0 Å². The minimum atomic E-state index is 0.840. The van der Waals surface area contributed by atoms with Gasteiger partial charge in [-0.05, 0) is 134 Å². The summed E-state index contributed by atoms with van der Waals surface area (Å²) in [5.74, 6) is 1.70. The smallest absolute Gasteiger partial charge is 0.159 e. The highest BCUT2D eigenvalue weighted by Crippen LogP contribution is 2.52. The van der Waals surface area contributed by atoms with E-state index in [1.165, 1.54) is 32.5 Å². The molecule has 0 atom stereocenters. The highest BCUT2D eigenvalue weighted by molar-refractivity contribution is 6.18. The van der Waals surface area contributed by atoms with Gasteiger partial charge < -0.3 is 19.0 Å². The number of fused-ring (bicyclic) bond motifs is 8. The van der Waals surface area contributed by atoms with Crippen LogP contribution in [0.15, 0.2) is 259 Å². The molecular formula is C66H42N2O2. The predicted octanol–water partition coefficient (Wildman–Crippen LogP) is 19.1. The van der Waals surface area contributed by atoms with Crippen LogP contribution in [0.3, 0.4) is 0 Å². The van der Waals surface area contributed by atoms with Crippen LogP contribution < -0.4 is 14.5 Å². The van der Waals surface area contributed by atoms with Crippen LogP contribution in [0.25, 0.3) is 87.6 Å². The zero-order chi connectivity index (χ0) is 46.1. The molecule has 0 radical (unpaired) electrons. The Morgan fingerprint density at radius 1 is 0.286 bits per heavy atom. The fourth-order valence-corrected chi connectivity index (χ4v) is 10.7. The van der Waals surface area contributed by atoms with Crippen molar-refractivity contribution in [2.24, 2.45) is 0 Å². The topological polar surface area (TPSA) is 28.9 Å². The maximum atomic E-state index is 6.90. The average Bonchev–Trinajstić information content (AvgIpc) is 3.81. The summed E-state index contributed by atoms with van der Waals surface area (Å²) in [5.41, 5.74) is 14.8. The summed E-state index contributed by atoms with van der Waals surface area (Å²) < 4.78 is 13.6. The van der Waals surface area contributed by atoms with Gasteiger partial charge in [-0.2, -0.15) is 0 Å². The number of hydrogen-bond donors (Lipinski definition) is 0. The van der Waals surface area contributed by atoms with E-state index in [0.29, 0.717) is 0 Å².